The molecule has 2 aliphatic rings. The monoisotopic (exact) mass is 700 g/mol. The maximum atomic E-state index is 13.6. The van der Waals surface area contributed by atoms with Crippen molar-refractivity contribution in [3.63, 3.8) is 0 Å². The van der Waals surface area contributed by atoms with E-state index in [2.05, 4.69) is 24.5 Å². The Balaban J connectivity index is 1.59. The average molecular weight is 701 g/mol. The van der Waals surface area contributed by atoms with E-state index in [9.17, 15) is 29.1 Å². The molecule has 0 spiro atoms. The van der Waals surface area contributed by atoms with E-state index in [0.717, 1.165) is 49.7 Å². The first-order valence-corrected chi connectivity index (χ1v) is 18.4. The van der Waals surface area contributed by atoms with Gasteiger partial charge in [-0.1, -0.05) is 38.1 Å². The summed E-state index contributed by atoms with van der Waals surface area (Å²) >= 11 is 0. The molecular formula is C38H60N4O8. The highest BCUT2D eigenvalue weighted by Gasteiger charge is 2.30. The van der Waals surface area contributed by atoms with Crippen molar-refractivity contribution in [3.05, 3.63) is 35.4 Å². The Hall–Kier alpha value is -3.83. The summed E-state index contributed by atoms with van der Waals surface area (Å²) in [7, 11) is 0. The van der Waals surface area contributed by atoms with Crippen LogP contribution in [0.2, 0.25) is 0 Å². The highest BCUT2D eigenvalue weighted by molar-refractivity contribution is 5.86. The van der Waals surface area contributed by atoms with Gasteiger partial charge in [0.15, 0.2) is 0 Å². The number of amides is 4. The van der Waals surface area contributed by atoms with Gasteiger partial charge in [-0.05, 0) is 108 Å². The zero-order chi connectivity index (χ0) is 36.8. The molecule has 280 valence electrons. The summed E-state index contributed by atoms with van der Waals surface area (Å²) in [6.07, 6.45) is 4.95. The topological polar surface area (TPSA) is 155 Å². The Morgan fingerprint density at radius 2 is 1.38 bits per heavy atom. The van der Waals surface area contributed by atoms with Crippen LogP contribution in [0.5, 0.6) is 0 Å². The first-order valence-electron chi connectivity index (χ1n) is 18.4. The summed E-state index contributed by atoms with van der Waals surface area (Å²) in [5.41, 5.74) is 1.39. The molecule has 2 aliphatic heterocycles. The number of hydrogen-bond acceptors (Lipinski definition) is 7. The smallest absolute Gasteiger partial charge is 0.410 e. The molecule has 2 saturated heterocycles. The fourth-order valence-corrected chi connectivity index (χ4v) is 6.73. The molecule has 3 rings (SSSR count). The number of hydrogen-bond donors (Lipinski definition) is 3. The van der Waals surface area contributed by atoms with Crippen LogP contribution in [0.1, 0.15) is 122 Å². The van der Waals surface area contributed by atoms with E-state index in [1.165, 1.54) is 4.90 Å². The lowest BCUT2D eigenvalue weighted by molar-refractivity contribution is -0.144. The maximum absolute atomic E-state index is 13.6. The van der Waals surface area contributed by atoms with E-state index in [1.807, 2.05) is 45.0 Å². The van der Waals surface area contributed by atoms with Crippen molar-refractivity contribution >= 4 is 30.0 Å². The first kappa shape index (κ1) is 40.6. The average Bonchev–Trinajstić information content (AvgIpc) is 3.06. The fraction of sp³-hybridized carbons (Fsp3) is 0.711. The molecule has 2 heterocycles. The van der Waals surface area contributed by atoms with Crippen LogP contribution < -0.4 is 10.6 Å². The number of likely N-dealkylation sites (tertiary alicyclic amines) is 2. The molecule has 12 nitrogen and oxygen atoms in total. The Bertz CT molecular complexity index is 1260. The summed E-state index contributed by atoms with van der Waals surface area (Å²) in [5, 5.41) is 15.1. The number of rotatable bonds is 15. The molecule has 1 aromatic rings. The molecule has 4 amide bonds. The lowest BCUT2D eigenvalue weighted by Crippen LogP contribution is -2.42. The van der Waals surface area contributed by atoms with E-state index < -0.39 is 29.6 Å². The van der Waals surface area contributed by atoms with Gasteiger partial charge in [0.25, 0.3) is 0 Å². The zero-order valence-corrected chi connectivity index (χ0v) is 31.0. The second-order valence-electron chi connectivity index (χ2n) is 15.1. The molecule has 0 saturated carbocycles. The van der Waals surface area contributed by atoms with E-state index in [0.29, 0.717) is 56.8 Å². The van der Waals surface area contributed by atoms with Gasteiger partial charge in [0.05, 0.1) is 25.6 Å². The summed E-state index contributed by atoms with van der Waals surface area (Å²) in [4.78, 5) is 66.2. The third-order valence-corrected chi connectivity index (χ3v) is 9.81. The van der Waals surface area contributed by atoms with Gasteiger partial charge >= 0.3 is 18.2 Å². The third-order valence-electron chi connectivity index (χ3n) is 9.81. The minimum atomic E-state index is -0.895. The molecule has 0 radical (unpaired) electrons. The van der Waals surface area contributed by atoms with Crippen LogP contribution in [0, 0.1) is 17.8 Å². The SMILES string of the molecule is CCOC(=O)CC(NC(=O)CNC(=O)C(CCC1CCN(C(=O)O)CC1)CCC1CCN(C(=O)OC(C)(C)C)CC1)c1ccc(C(C)C)cc1. The number of carboxylic acid groups (broad SMARTS) is 1. The molecule has 12 heteroatoms. The molecule has 0 bridgehead atoms. The first-order chi connectivity index (χ1) is 23.6. The number of benzene rings is 1. The minimum absolute atomic E-state index is 0.0232. The molecular weight excluding hydrogens is 640 g/mol. The molecule has 50 heavy (non-hydrogen) atoms. The lowest BCUT2D eigenvalue weighted by Gasteiger charge is -2.34. The van der Waals surface area contributed by atoms with Gasteiger partial charge in [0.2, 0.25) is 11.8 Å². The van der Waals surface area contributed by atoms with Crippen molar-refractivity contribution in [2.75, 3.05) is 39.3 Å². The quantitative estimate of drug-likeness (QED) is 0.182. The van der Waals surface area contributed by atoms with Crippen LogP contribution in [0.15, 0.2) is 24.3 Å². The number of carbonyl (C=O) groups is 5. The second-order valence-corrected chi connectivity index (χ2v) is 15.1. The van der Waals surface area contributed by atoms with Crippen molar-refractivity contribution in [3.8, 4) is 0 Å². The lowest BCUT2D eigenvalue weighted by atomic mass is 9.84. The third kappa shape index (κ3) is 13.8. The van der Waals surface area contributed by atoms with Crippen LogP contribution in [-0.2, 0) is 23.9 Å². The van der Waals surface area contributed by atoms with Crippen LogP contribution >= 0.6 is 0 Å². The maximum Gasteiger partial charge on any atom is 0.410 e. The highest BCUT2D eigenvalue weighted by atomic mass is 16.6. The van der Waals surface area contributed by atoms with E-state index in [-0.39, 0.29) is 37.5 Å². The number of carbonyl (C=O) groups excluding carboxylic acids is 4. The summed E-state index contributed by atoms with van der Waals surface area (Å²) in [6.45, 7) is 13.8. The van der Waals surface area contributed by atoms with Crippen molar-refractivity contribution in [2.24, 2.45) is 17.8 Å². The summed E-state index contributed by atoms with van der Waals surface area (Å²) in [6, 6.07) is 7.20. The Kier molecular flexibility index (Phi) is 15.9. The van der Waals surface area contributed by atoms with Crippen LogP contribution in [0.4, 0.5) is 9.59 Å². The van der Waals surface area contributed by atoms with Crippen molar-refractivity contribution in [1.82, 2.24) is 20.4 Å². The van der Waals surface area contributed by atoms with Crippen LogP contribution in [0.25, 0.3) is 0 Å². The summed E-state index contributed by atoms with van der Waals surface area (Å²) in [5.74, 6) is -0.242. The molecule has 0 aliphatic carbocycles. The van der Waals surface area contributed by atoms with E-state index in [4.69, 9.17) is 9.47 Å². The second kappa shape index (κ2) is 19.5. The normalized spacial score (nSPS) is 17.2. The molecule has 0 aromatic heterocycles. The molecule has 2 unspecified atom stereocenters. The van der Waals surface area contributed by atoms with Gasteiger partial charge in [0.1, 0.15) is 5.60 Å². The summed E-state index contributed by atoms with van der Waals surface area (Å²) < 4.78 is 10.7. The largest absolute Gasteiger partial charge is 0.466 e. The van der Waals surface area contributed by atoms with Gasteiger partial charge in [-0.25, -0.2) is 9.59 Å². The van der Waals surface area contributed by atoms with Gasteiger partial charge in [-0.15, -0.1) is 0 Å². The number of esters is 1. The molecule has 2 fully saturated rings. The van der Waals surface area contributed by atoms with Gasteiger partial charge < -0.3 is 35.0 Å². The van der Waals surface area contributed by atoms with E-state index in [1.54, 1.807) is 11.8 Å². The van der Waals surface area contributed by atoms with Gasteiger partial charge in [-0.3, -0.25) is 14.4 Å². The van der Waals surface area contributed by atoms with Crippen molar-refractivity contribution < 1.29 is 38.6 Å². The Labute approximate surface area is 298 Å². The van der Waals surface area contributed by atoms with Crippen molar-refractivity contribution in [1.29, 1.82) is 0 Å². The van der Waals surface area contributed by atoms with Crippen molar-refractivity contribution in [2.45, 2.75) is 117 Å². The molecule has 1 aromatic carbocycles. The highest BCUT2D eigenvalue weighted by Crippen LogP contribution is 2.30. The van der Waals surface area contributed by atoms with Gasteiger partial charge in [-0.2, -0.15) is 0 Å². The zero-order valence-electron chi connectivity index (χ0n) is 31.0. The predicted octanol–water partition coefficient (Wildman–Crippen LogP) is 6.25. The standard InChI is InChI=1S/C38H60N4O8/c1-7-49-34(44)24-32(30-14-12-29(13-15-30)26(2)3)40-33(43)25-39-35(45)31(10-8-27-16-20-41(21-17-27)36(46)47)11-9-28-18-22-42(23-19-28)37(48)50-38(4,5)6/h12-15,26-28,31-32H,7-11,16-25H2,1-6H3,(H,39,45)(H,40,43)(H,46,47). The number of piperidine rings is 2. The minimum Gasteiger partial charge on any atom is -0.466 e. The number of nitrogens with one attached hydrogen (secondary N) is 2. The number of nitrogens with zero attached hydrogens (tertiary/aromatic N) is 2. The van der Waals surface area contributed by atoms with Crippen LogP contribution in [0.3, 0.4) is 0 Å². The van der Waals surface area contributed by atoms with Gasteiger partial charge in [0, 0.05) is 32.1 Å². The van der Waals surface area contributed by atoms with E-state index >= 15 is 0 Å². The fourth-order valence-electron chi connectivity index (χ4n) is 6.73. The number of ether oxygens (including phenoxy) is 2. The van der Waals surface area contributed by atoms with Crippen LogP contribution in [-0.4, -0.2) is 89.8 Å². The Morgan fingerprint density at radius 3 is 1.86 bits per heavy atom. The predicted molar refractivity (Wildman–Crippen MR) is 190 cm³/mol. The molecule has 2 atom stereocenters. The molecule has 3 N–H and O–H groups in total. The Morgan fingerprint density at radius 1 is 0.860 bits per heavy atom.